The zero-order chi connectivity index (χ0) is 14.9. The lowest BCUT2D eigenvalue weighted by molar-refractivity contribution is 0.1000. The SMILES string of the molecule is Cc1c(F)cc(C(N)=O)cc1NC(C)c1ccc(Cl)s1. The van der Waals surface area contributed by atoms with Crippen molar-refractivity contribution in [3.05, 3.63) is 50.4 Å². The quantitative estimate of drug-likeness (QED) is 0.892. The minimum absolute atomic E-state index is 0.0475. The molecule has 6 heteroatoms. The highest BCUT2D eigenvalue weighted by Gasteiger charge is 2.14. The molecule has 2 rings (SSSR count). The van der Waals surface area contributed by atoms with E-state index in [1.165, 1.54) is 11.3 Å². The van der Waals surface area contributed by atoms with E-state index in [0.29, 0.717) is 15.6 Å². The average molecular weight is 313 g/mol. The van der Waals surface area contributed by atoms with Gasteiger partial charge in [-0.25, -0.2) is 4.39 Å². The second-order valence-corrected chi connectivity index (χ2v) is 6.25. The molecule has 0 spiro atoms. The van der Waals surface area contributed by atoms with Crippen molar-refractivity contribution in [1.29, 1.82) is 0 Å². The van der Waals surface area contributed by atoms with Crippen molar-refractivity contribution in [2.45, 2.75) is 19.9 Å². The molecule has 20 heavy (non-hydrogen) atoms. The molecule has 1 aromatic carbocycles. The molecule has 0 aliphatic carbocycles. The number of nitrogens with one attached hydrogen (secondary N) is 1. The van der Waals surface area contributed by atoms with Crippen LogP contribution in [0.4, 0.5) is 10.1 Å². The van der Waals surface area contributed by atoms with Gasteiger partial charge in [-0.15, -0.1) is 11.3 Å². The summed E-state index contributed by atoms with van der Waals surface area (Å²) in [5, 5.41) is 3.18. The first-order valence-electron chi connectivity index (χ1n) is 6.00. The van der Waals surface area contributed by atoms with E-state index in [9.17, 15) is 9.18 Å². The Morgan fingerprint density at radius 1 is 1.45 bits per heavy atom. The fraction of sp³-hybridized carbons (Fsp3) is 0.214. The predicted octanol–water partition coefficient (Wildman–Crippen LogP) is 4.12. The van der Waals surface area contributed by atoms with Crippen molar-refractivity contribution < 1.29 is 9.18 Å². The zero-order valence-corrected chi connectivity index (χ0v) is 12.6. The smallest absolute Gasteiger partial charge is 0.248 e. The van der Waals surface area contributed by atoms with Crippen LogP contribution >= 0.6 is 22.9 Å². The molecule has 1 amide bonds. The predicted molar refractivity (Wildman–Crippen MR) is 81.0 cm³/mol. The zero-order valence-electron chi connectivity index (χ0n) is 11.0. The molecule has 106 valence electrons. The Labute approximate surface area is 125 Å². The number of hydrogen-bond acceptors (Lipinski definition) is 3. The first-order valence-corrected chi connectivity index (χ1v) is 7.19. The van der Waals surface area contributed by atoms with Crippen LogP contribution in [0.5, 0.6) is 0 Å². The van der Waals surface area contributed by atoms with Gasteiger partial charge in [0.1, 0.15) is 5.82 Å². The normalized spacial score (nSPS) is 12.2. The number of anilines is 1. The molecule has 1 aromatic heterocycles. The topological polar surface area (TPSA) is 55.1 Å². The number of rotatable bonds is 4. The van der Waals surface area contributed by atoms with Gasteiger partial charge in [0.05, 0.1) is 10.4 Å². The van der Waals surface area contributed by atoms with Crippen molar-refractivity contribution in [3.63, 3.8) is 0 Å². The molecule has 3 nitrogen and oxygen atoms in total. The van der Waals surface area contributed by atoms with Gasteiger partial charge in [-0.1, -0.05) is 11.6 Å². The standard InChI is InChI=1S/C14H14ClFN2OS/c1-7-10(16)5-9(14(17)19)6-11(7)18-8(2)12-3-4-13(15)20-12/h3-6,8,18H,1-2H3,(H2,17,19). The molecule has 0 saturated carbocycles. The van der Waals surface area contributed by atoms with Crippen molar-refractivity contribution in [2.75, 3.05) is 5.32 Å². The molecule has 0 saturated heterocycles. The molecule has 0 radical (unpaired) electrons. The van der Waals surface area contributed by atoms with E-state index in [1.807, 2.05) is 19.1 Å². The monoisotopic (exact) mass is 312 g/mol. The summed E-state index contributed by atoms with van der Waals surface area (Å²) in [4.78, 5) is 12.2. The second kappa shape index (κ2) is 5.81. The van der Waals surface area contributed by atoms with Crippen LogP contribution in [0.25, 0.3) is 0 Å². The highest BCUT2D eigenvalue weighted by molar-refractivity contribution is 7.16. The Bertz CT molecular complexity index is 657. The Morgan fingerprint density at radius 2 is 2.15 bits per heavy atom. The van der Waals surface area contributed by atoms with Crippen molar-refractivity contribution in [3.8, 4) is 0 Å². The summed E-state index contributed by atoms with van der Waals surface area (Å²) in [6, 6.07) is 6.39. The lowest BCUT2D eigenvalue weighted by Crippen LogP contribution is -2.14. The number of carbonyl (C=O) groups is 1. The second-order valence-electron chi connectivity index (χ2n) is 4.50. The maximum atomic E-state index is 13.8. The first-order chi connectivity index (χ1) is 9.38. The van der Waals surface area contributed by atoms with Gasteiger partial charge in [-0.2, -0.15) is 0 Å². The minimum atomic E-state index is -0.654. The Morgan fingerprint density at radius 3 is 2.70 bits per heavy atom. The fourth-order valence-electron chi connectivity index (χ4n) is 1.84. The number of halogens is 2. The van der Waals surface area contributed by atoms with Crippen LogP contribution in [0.15, 0.2) is 24.3 Å². The number of amides is 1. The highest BCUT2D eigenvalue weighted by Crippen LogP contribution is 2.30. The Balaban J connectivity index is 2.30. The summed E-state index contributed by atoms with van der Waals surface area (Å²) in [5.74, 6) is -1.11. The maximum Gasteiger partial charge on any atom is 0.248 e. The van der Waals surface area contributed by atoms with Gasteiger partial charge < -0.3 is 11.1 Å². The summed E-state index contributed by atoms with van der Waals surface area (Å²) in [6.07, 6.45) is 0. The summed E-state index contributed by atoms with van der Waals surface area (Å²) < 4.78 is 14.5. The number of benzene rings is 1. The number of primary amides is 1. The molecule has 0 bridgehead atoms. The molecule has 1 atom stereocenters. The third-order valence-corrected chi connectivity index (χ3v) is 4.44. The van der Waals surface area contributed by atoms with E-state index in [1.54, 1.807) is 13.0 Å². The molecular formula is C14H14ClFN2OS. The van der Waals surface area contributed by atoms with Gasteiger partial charge in [-0.05, 0) is 38.1 Å². The lowest BCUT2D eigenvalue weighted by Gasteiger charge is -2.17. The van der Waals surface area contributed by atoms with E-state index < -0.39 is 11.7 Å². The van der Waals surface area contributed by atoms with Crippen molar-refractivity contribution >= 4 is 34.5 Å². The number of hydrogen-bond donors (Lipinski definition) is 2. The summed E-state index contributed by atoms with van der Waals surface area (Å²) in [6.45, 7) is 3.59. The van der Waals surface area contributed by atoms with Crippen LogP contribution in [-0.2, 0) is 0 Å². The molecule has 1 unspecified atom stereocenters. The Hall–Kier alpha value is -1.59. The van der Waals surface area contributed by atoms with E-state index in [0.717, 1.165) is 10.9 Å². The third-order valence-electron chi connectivity index (χ3n) is 3.02. The van der Waals surface area contributed by atoms with E-state index >= 15 is 0 Å². The van der Waals surface area contributed by atoms with Crippen LogP contribution in [0.3, 0.4) is 0 Å². The van der Waals surface area contributed by atoms with Crippen LogP contribution in [0.1, 0.15) is 33.8 Å². The molecule has 0 fully saturated rings. The minimum Gasteiger partial charge on any atom is -0.377 e. The Kier molecular flexibility index (Phi) is 4.30. The first kappa shape index (κ1) is 14.8. The molecule has 3 N–H and O–H groups in total. The third kappa shape index (κ3) is 3.11. The van der Waals surface area contributed by atoms with Crippen LogP contribution in [0.2, 0.25) is 4.34 Å². The van der Waals surface area contributed by atoms with Gasteiger partial charge in [0.2, 0.25) is 5.91 Å². The average Bonchev–Trinajstić information content (AvgIpc) is 2.81. The van der Waals surface area contributed by atoms with E-state index in [-0.39, 0.29) is 11.6 Å². The summed E-state index contributed by atoms with van der Waals surface area (Å²) >= 11 is 7.35. The van der Waals surface area contributed by atoms with Crippen LogP contribution in [0, 0.1) is 12.7 Å². The van der Waals surface area contributed by atoms with Gasteiger partial charge >= 0.3 is 0 Å². The number of carbonyl (C=O) groups excluding carboxylic acids is 1. The van der Waals surface area contributed by atoms with Crippen molar-refractivity contribution in [1.82, 2.24) is 0 Å². The number of nitrogens with two attached hydrogens (primary N) is 1. The molecule has 1 heterocycles. The van der Waals surface area contributed by atoms with Gasteiger partial charge in [0, 0.05) is 21.7 Å². The summed E-state index contributed by atoms with van der Waals surface area (Å²) in [7, 11) is 0. The van der Waals surface area contributed by atoms with Gasteiger partial charge in [0.25, 0.3) is 0 Å². The lowest BCUT2D eigenvalue weighted by atomic mass is 10.1. The van der Waals surface area contributed by atoms with Crippen LogP contribution in [-0.4, -0.2) is 5.91 Å². The molecule has 0 aliphatic rings. The van der Waals surface area contributed by atoms with E-state index in [2.05, 4.69) is 5.32 Å². The van der Waals surface area contributed by atoms with E-state index in [4.69, 9.17) is 17.3 Å². The van der Waals surface area contributed by atoms with Gasteiger partial charge in [-0.3, -0.25) is 4.79 Å². The van der Waals surface area contributed by atoms with Crippen LogP contribution < -0.4 is 11.1 Å². The van der Waals surface area contributed by atoms with Gasteiger partial charge in [0.15, 0.2) is 0 Å². The maximum absolute atomic E-state index is 13.8. The summed E-state index contributed by atoms with van der Waals surface area (Å²) in [5.41, 5.74) is 6.34. The highest BCUT2D eigenvalue weighted by atomic mass is 35.5. The largest absolute Gasteiger partial charge is 0.377 e. The fourth-order valence-corrected chi connectivity index (χ4v) is 2.90. The van der Waals surface area contributed by atoms with Crippen molar-refractivity contribution in [2.24, 2.45) is 5.73 Å². The number of thiophene rings is 1. The molecular weight excluding hydrogens is 299 g/mol. The molecule has 2 aromatic rings. The molecule has 0 aliphatic heterocycles.